The molecule has 0 unspecified atom stereocenters. The first kappa shape index (κ1) is 24.2. The van der Waals surface area contributed by atoms with Crippen LogP contribution in [0.5, 0.6) is 5.75 Å². The highest BCUT2D eigenvalue weighted by atomic mass is 35.5. The fourth-order valence-corrected chi connectivity index (χ4v) is 4.81. The Hall–Kier alpha value is -4.12. The van der Waals surface area contributed by atoms with Gasteiger partial charge >= 0.3 is 6.18 Å². The predicted octanol–water partition coefficient (Wildman–Crippen LogP) is 4.63. The third-order valence-electron chi connectivity index (χ3n) is 6.57. The van der Waals surface area contributed by atoms with Gasteiger partial charge in [-0.3, -0.25) is 4.79 Å². The predicted molar refractivity (Wildman–Crippen MR) is 134 cm³/mol. The van der Waals surface area contributed by atoms with Gasteiger partial charge < -0.3 is 14.5 Å². The van der Waals surface area contributed by atoms with Gasteiger partial charge in [-0.2, -0.15) is 22.7 Å². The number of rotatable bonds is 3. The number of anilines is 1. The molecule has 2 aromatic carbocycles. The maximum atomic E-state index is 13.2. The summed E-state index contributed by atoms with van der Waals surface area (Å²) in [5.41, 5.74) is 1.46. The van der Waals surface area contributed by atoms with Crippen LogP contribution in [-0.4, -0.2) is 56.6 Å². The van der Waals surface area contributed by atoms with Gasteiger partial charge in [0.1, 0.15) is 12.0 Å². The number of carbonyl (C=O) groups is 1. The normalized spacial score (nSPS) is 15.7. The summed E-state index contributed by atoms with van der Waals surface area (Å²) in [6, 6.07) is 12.0. The van der Waals surface area contributed by atoms with Crippen LogP contribution in [0, 0.1) is 0 Å². The van der Waals surface area contributed by atoms with Gasteiger partial charge in [0, 0.05) is 54.9 Å². The van der Waals surface area contributed by atoms with Crippen molar-refractivity contribution in [1.29, 1.82) is 0 Å². The Morgan fingerprint density at radius 3 is 2.63 bits per heavy atom. The Labute approximate surface area is 219 Å². The van der Waals surface area contributed by atoms with Gasteiger partial charge in [0.25, 0.3) is 11.7 Å². The fraction of sp³-hybridized carbons (Fsp3) is 0.231. The summed E-state index contributed by atoms with van der Waals surface area (Å²) in [6.07, 6.45) is -1.03. The number of ether oxygens (including phenoxy) is 1. The first-order valence-corrected chi connectivity index (χ1v) is 12.2. The molecule has 4 aromatic rings. The summed E-state index contributed by atoms with van der Waals surface area (Å²) in [6.45, 7) is 1.86. The van der Waals surface area contributed by atoms with Crippen molar-refractivity contribution in [2.75, 3.05) is 31.1 Å². The SMILES string of the molecule is O=C(C1=COc2ccc(Cl)cc2C1)N1CCN(c2nc3nccc(-c4cccc(C(F)(F)F)c4)n3n2)CC1. The van der Waals surface area contributed by atoms with Crippen LogP contribution in [0.25, 0.3) is 17.0 Å². The largest absolute Gasteiger partial charge is 0.464 e. The summed E-state index contributed by atoms with van der Waals surface area (Å²) in [5.74, 6) is 1.25. The number of aromatic nitrogens is 4. The van der Waals surface area contributed by atoms with E-state index >= 15 is 0 Å². The molecule has 12 heteroatoms. The Bertz CT molecular complexity index is 1580. The van der Waals surface area contributed by atoms with E-state index in [1.807, 2.05) is 4.90 Å². The van der Waals surface area contributed by atoms with Gasteiger partial charge in [-0.1, -0.05) is 23.7 Å². The average Bonchev–Trinajstić information content (AvgIpc) is 3.36. The fourth-order valence-electron chi connectivity index (χ4n) is 4.61. The second-order valence-electron chi connectivity index (χ2n) is 9.00. The molecule has 8 nitrogen and oxygen atoms in total. The molecule has 0 saturated carbocycles. The minimum Gasteiger partial charge on any atom is -0.464 e. The highest BCUT2D eigenvalue weighted by Crippen LogP contribution is 2.33. The smallest absolute Gasteiger partial charge is 0.416 e. The molecule has 4 heterocycles. The number of hydrogen-bond donors (Lipinski definition) is 0. The van der Waals surface area contributed by atoms with Gasteiger partial charge in [0.05, 0.1) is 16.8 Å². The van der Waals surface area contributed by atoms with Gasteiger partial charge in [-0.15, -0.1) is 5.10 Å². The standard InChI is InChI=1S/C26H20ClF3N6O2/c27-20-4-5-22-17(14-20)12-18(15-38-22)23(37)34-8-10-35(11-9-34)25-32-24-31-7-6-21(36(24)33-25)16-2-1-3-19(13-16)26(28,29)30/h1-7,13-15H,8-12H2. The maximum absolute atomic E-state index is 13.2. The van der Waals surface area contributed by atoms with E-state index < -0.39 is 11.7 Å². The summed E-state index contributed by atoms with van der Waals surface area (Å²) in [5, 5.41) is 5.12. The molecule has 0 atom stereocenters. The van der Waals surface area contributed by atoms with Crippen molar-refractivity contribution in [3.8, 4) is 17.0 Å². The highest BCUT2D eigenvalue weighted by molar-refractivity contribution is 6.30. The second kappa shape index (κ2) is 9.32. The second-order valence-corrected chi connectivity index (χ2v) is 9.44. The summed E-state index contributed by atoms with van der Waals surface area (Å²) < 4.78 is 46.8. The molecule has 0 bridgehead atoms. The number of benzene rings is 2. The molecule has 1 fully saturated rings. The van der Waals surface area contributed by atoms with Gasteiger partial charge in [0.15, 0.2) is 0 Å². The molecule has 6 rings (SSSR count). The van der Waals surface area contributed by atoms with E-state index in [0.29, 0.717) is 66.2 Å². The van der Waals surface area contributed by atoms with E-state index in [1.54, 1.807) is 35.2 Å². The molecule has 0 radical (unpaired) electrons. The number of amides is 1. The monoisotopic (exact) mass is 540 g/mol. The molecule has 1 amide bonds. The molecule has 0 aliphatic carbocycles. The van der Waals surface area contributed by atoms with Crippen molar-refractivity contribution in [2.24, 2.45) is 0 Å². The van der Waals surface area contributed by atoms with E-state index in [9.17, 15) is 18.0 Å². The first-order valence-electron chi connectivity index (χ1n) is 11.8. The Morgan fingerprint density at radius 2 is 1.84 bits per heavy atom. The molecule has 2 aliphatic heterocycles. The van der Waals surface area contributed by atoms with Gasteiger partial charge in [-0.25, -0.2) is 4.98 Å². The lowest BCUT2D eigenvalue weighted by atomic mass is 10.0. The minimum atomic E-state index is -4.46. The van der Waals surface area contributed by atoms with Gasteiger partial charge in [0.2, 0.25) is 5.95 Å². The molecular weight excluding hydrogens is 521 g/mol. The molecule has 2 aromatic heterocycles. The van der Waals surface area contributed by atoms with Crippen molar-refractivity contribution >= 4 is 29.2 Å². The molecular formula is C26H20ClF3N6O2. The lowest BCUT2D eigenvalue weighted by Gasteiger charge is -2.34. The van der Waals surface area contributed by atoms with Crippen molar-refractivity contribution in [1.82, 2.24) is 24.5 Å². The van der Waals surface area contributed by atoms with Crippen LogP contribution in [-0.2, 0) is 17.4 Å². The van der Waals surface area contributed by atoms with Crippen LogP contribution in [0.1, 0.15) is 11.1 Å². The Morgan fingerprint density at radius 1 is 1.03 bits per heavy atom. The number of alkyl halides is 3. The van der Waals surface area contributed by atoms with Crippen LogP contribution in [0.2, 0.25) is 5.02 Å². The van der Waals surface area contributed by atoms with Crippen LogP contribution in [0.4, 0.5) is 19.1 Å². The Balaban J connectivity index is 1.17. The molecule has 0 spiro atoms. The van der Waals surface area contributed by atoms with E-state index in [4.69, 9.17) is 16.3 Å². The van der Waals surface area contributed by atoms with E-state index in [2.05, 4.69) is 15.1 Å². The Kier molecular flexibility index (Phi) is 5.94. The van der Waals surface area contributed by atoms with E-state index in [1.165, 1.54) is 23.0 Å². The first-order chi connectivity index (χ1) is 18.3. The van der Waals surface area contributed by atoms with Gasteiger partial charge in [-0.05, 0) is 36.4 Å². The molecule has 194 valence electrons. The molecule has 1 saturated heterocycles. The summed E-state index contributed by atoms with van der Waals surface area (Å²) in [7, 11) is 0. The quantitative estimate of drug-likeness (QED) is 0.377. The van der Waals surface area contributed by atoms with Crippen LogP contribution in [0.3, 0.4) is 0 Å². The van der Waals surface area contributed by atoms with Crippen molar-refractivity contribution in [3.05, 3.63) is 82.7 Å². The lowest BCUT2D eigenvalue weighted by Crippen LogP contribution is -2.49. The average molecular weight is 541 g/mol. The van der Waals surface area contributed by atoms with Crippen LogP contribution < -0.4 is 9.64 Å². The van der Waals surface area contributed by atoms with E-state index in [-0.39, 0.29) is 11.7 Å². The van der Waals surface area contributed by atoms with Crippen molar-refractivity contribution in [2.45, 2.75) is 12.6 Å². The number of carbonyl (C=O) groups excluding carboxylic acids is 1. The van der Waals surface area contributed by atoms with Crippen LogP contribution >= 0.6 is 11.6 Å². The number of nitrogens with zero attached hydrogens (tertiary/aromatic N) is 6. The summed E-state index contributed by atoms with van der Waals surface area (Å²) in [4.78, 5) is 25.5. The lowest BCUT2D eigenvalue weighted by molar-refractivity contribution is -0.137. The number of halogens is 4. The zero-order valence-electron chi connectivity index (χ0n) is 19.8. The van der Waals surface area contributed by atoms with Crippen LogP contribution in [0.15, 0.2) is 66.6 Å². The molecule has 38 heavy (non-hydrogen) atoms. The molecule has 0 N–H and O–H groups in total. The minimum absolute atomic E-state index is 0.105. The topological polar surface area (TPSA) is 75.9 Å². The third kappa shape index (κ3) is 4.53. The maximum Gasteiger partial charge on any atom is 0.416 e. The van der Waals surface area contributed by atoms with Crippen molar-refractivity contribution in [3.63, 3.8) is 0 Å². The zero-order valence-corrected chi connectivity index (χ0v) is 20.6. The number of hydrogen-bond acceptors (Lipinski definition) is 6. The van der Waals surface area contributed by atoms with E-state index in [0.717, 1.165) is 17.7 Å². The molecule has 2 aliphatic rings. The summed E-state index contributed by atoms with van der Waals surface area (Å²) >= 11 is 6.09. The number of piperazine rings is 1. The zero-order chi connectivity index (χ0) is 26.4. The van der Waals surface area contributed by atoms with Crippen molar-refractivity contribution < 1.29 is 22.7 Å². The number of fused-ring (bicyclic) bond motifs is 2. The third-order valence-corrected chi connectivity index (χ3v) is 6.81. The highest BCUT2D eigenvalue weighted by Gasteiger charge is 2.31.